The maximum absolute atomic E-state index is 13.5. The number of likely N-dealkylation sites (N-methyl/N-ethyl adjacent to an activating group) is 1. The molecule has 2 amide bonds. The quantitative estimate of drug-likeness (QED) is 0.210. The number of allylic oxidation sites excluding steroid dienone is 1. The highest BCUT2D eigenvalue weighted by Gasteiger charge is 2.23. The Hall–Kier alpha value is -4.98. The summed E-state index contributed by atoms with van der Waals surface area (Å²) in [6.45, 7) is 8.25. The smallest absolute Gasteiger partial charge is 0.324 e. The molecule has 8 heteroatoms. The third-order valence-electron chi connectivity index (χ3n) is 8.27. The molecule has 0 spiro atoms. The van der Waals surface area contributed by atoms with Crippen LogP contribution in [0.3, 0.4) is 0 Å². The molecule has 1 unspecified atom stereocenters. The number of fused-ring (bicyclic) bond motifs is 1. The Kier molecular flexibility index (Phi) is 7.91. The summed E-state index contributed by atoms with van der Waals surface area (Å²) in [5, 5.41) is 13.1. The van der Waals surface area contributed by atoms with Crippen molar-refractivity contribution >= 4 is 39.6 Å². The largest absolute Gasteiger partial charge is 0.367 e. The Bertz CT molecular complexity index is 1820. The van der Waals surface area contributed by atoms with Gasteiger partial charge in [-0.1, -0.05) is 57.2 Å². The predicted octanol–water partition coefficient (Wildman–Crippen LogP) is 8.14. The second-order valence-corrected chi connectivity index (χ2v) is 12.5. The van der Waals surface area contributed by atoms with Gasteiger partial charge in [0.2, 0.25) is 0 Å². The molecular weight excluding hydrogens is 546 g/mol. The minimum atomic E-state index is -0.334. The Labute approximate surface area is 258 Å². The lowest BCUT2D eigenvalue weighted by Gasteiger charge is -2.31. The Morgan fingerprint density at radius 1 is 0.977 bits per heavy atom. The summed E-state index contributed by atoms with van der Waals surface area (Å²) in [4.78, 5) is 24.5. The van der Waals surface area contributed by atoms with Gasteiger partial charge >= 0.3 is 6.03 Å². The number of anilines is 3. The Morgan fingerprint density at radius 3 is 2.52 bits per heavy atom. The number of urea groups is 1. The van der Waals surface area contributed by atoms with E-state index in [0.717, 1.165) is 58.5 Å². The van der Waals surface area contributed by atoms with Crippen molar-refractivity contribution in [3.63, 3.8) is 0 Å². The minimum absolute atomic E-state index is 0.193. The third-order valence-corrected chi connectivity index (χ3v) is 8.27. The first kappa shape index (κ1) is 29.1. The predicted molar refractivity (Wildman–Crippen MR) is 180 cm³/mol. The van der Waals surface area contributed by atoms with E-state index in [2.05, 4.69) is 89.7 Å². The molecule has 1 atom stereocenters. The van der Waals surface area contributed by atoms with Crippen molar-refractivity contribution in [2.24, 2.45) is 0 Å². The normalized spacial score (nSPS) is 15.1. The van der Waals surface area contributed by atoms with Crippen molar-refractivity contribution < 1.29 is 4.79 Å². The van der Waals surface area contributed by atoms with Crippen LogP contribution in [0.5, 0.6) is 0 Å². The first-order chi connectivity index (χ1) is 21.2. The number of carbonyl (C=O) groups excluding carboxylic acids is 1. The van der Waals surface area contributed by atoms with Crippen LogP contribution in [0.1, 0.15) is 57.0 Å². The van der Waals surface area contributed by atoms with Crippen molar-refractivity contribution in [2.45, 2.75) is 58.4 Å². The highest BCUT2D eigenvalue weighted by atomic mass is 16.2. The summed E-state index contributed by atoms with van der Waals surface area (Å²) in [5.41, 5.74) is 6.77. The zero-order valence-electron chi connectivity index (χ0n) is 26.0. The Morgan fingerprint density at radius 2 is 1.80 bits per heavy atom. The van der Waals surface area contributed by atoms with Crippen LogP contribution in [-0.4, -0.2) is 38.9 Å². The molecule has 1 aliphatic carbocycles. The number of carbonyl (C=O) groups is 1. The monoisotopic (exact) mass is 585 g/mol. The fourth-order valence-corrected chi connectivity index (χ4v) is 5.76. The van der Waals surface area contributed by atoms with Gasteiger partial charge in [0.1, 0.15) is 5.82 Å². The van der Waals surface area contributed by atoms with E-state index < -0.39 is 0 Å². The van der Waals surface area contributed by atoms with E-state index in [4.69, 9.17) is 5.10 Å². The van der Waals surface area contributed by atoms with Gasteiger partial charge in [-0.3, -0.25) is 15.3 Å². The van der Waals surface area contributed by atoms with Crippen molar-refractivity contribution in [3.05, 3.63) is 108 Å². The number of amides is 2. The molecule has 2 aromatic carbocycles. The summed E-state index contributed by atoms with van der Waals surface area (Å²) >= 11 is 0. The van der Waals surface area contributed by atoms with Gasteiger partial charge in [-0.15, -0.1) is 0 Å². The van der Waals surface area contributed by atoms with E-state index in [1.165, 1.54) is 11.1 Å². The van der Waals surface area contributed by atoms with E-state index in [-0.39, 0.29) is 17.5 Å². The first-order valence-corrected chi connectivity index (χ1v) is 15.1. The van der Waals surface area contributed by atoms with Crippen molar-refractivity contribution in [2.75, 3.05) is 22.6 Å². The molecule has 0 fully saturated rings. The second-order valence-electron chi connectivity index (χ2n) is 12.5. The van der Waals surface area contributed by atoms with Gasteiger partial charge in [0, 0.05) is 41.8 Å². The number of nitrogens with zero attached hydrogens (tertiary/aromatic N) is 5. The van der Waals surface area contributed by atoms with Crippen LogP contribution in [-0.2, 0) is 5.41 Å². The zero-order valence-corrected chi connectivity index (χ0v) is 26.0. The SMILES string of the molecule is Cc1ccc(-n2nc(C(C)(C)C)cc2NC(=O)Nc2ccc(C3=CC(N(C)c4cccnc4)CCC3)c3ccccc23)cn1. The molecule has 0 saturated heterocycles. The second kappa shape index (κ2) is 12.0. The van der Waals surface area contributed by atoms with E-state index in [0.29, 0.717) is 5.82 Å². The molecule has 0 aliphatic heterocycles. The molecule has 5 aromatic rings. The zero-order chi connectivity index (χ0) is 30.8. The number of benzene rings is 2. The molecule has 3 heterocycles. The lowest BCUT2D eigenvalue weighted by molar-refractivity contribution is 0.262. The van der Waals surface area contributed by atoms with Gasteiger partial charge in [0.05, 0.1) is 35.1 Å². The van der Waals surface area contributed by atoms with E-state index >= 15 is 0 Å². The molecule has 224 valence electrons. The highest BCUT2D eigenvalue weighted by molar-refractivity contribution is 6.08. The maximum Gasteiger partial charge on any atom is 0.324 e. The van der Waals surface area contributed by atoms with Gasteiger partial charge in [-0.2, -0.15) is 5.10 Å². The van der Waals surface area contributed by atoms with Crippen molar-refractivity contribution in [3.8, 4) is 5.69 Å². The molecule has 0 saturated carbocycles. The van der Waals surface area contributed by atoms with Gasteiger partial charge in [0.25, 0.3) is 0 Å². The molecule has 8 nitrogen and oxygen atoms in total. The van der Waals surface area contributed by atoms with Crippen LogP contribution in [0.2, 0.25) is 0 Å². The third kappa shape index (κ3) is 6.06. The molecule has 0 bridgehead atoms. The van der Waals surface area contributed by atoms with E-state index in [9.17, 15) is 4.79 Å². The average Bonchev–Trinajstić information content (AvgIpc) is 3.46. The van der Waals surface area contributed by atoms with Crippen LogP contribution in [0.25, 0.3) is 22.0 Å². The minimum Gasteiger partial charge on any atom is -0.367 e. The summed E-state index contributed by atoms with van der Waals surface area (Å²) in [5.74, 6) is 0.579. The van der Waals surface area contributed by atoms with Gasteiger partial charge < -0.3 is 10.2 Å². The fourth-order valence-electron chi connectivity index (χ4n) is 5.76. The topological polar surface area (TPSA) is 88.0 Å². The summed E-state index contributed by atoms with van der Waals surface area (Å²) in [6, 6.07) is 22.3. The summed E-state index contributed by atoms with van der Waals surface area (Å²) in [7, 11) is 2.14. The highest BCUT2D eigenvalue weighted by Crippen LogP contribution is 2.36. The number of rotatable bonds is 6. The van der Waals surface area contributed by atoms with Gasteiger partial charge in [0.15, 0.2) is 0 Å². The number of aryl methyl sites for hydroxylation is 1. The lowest BCUT2D eigenvalue weighted by atomic mass is 9.87. The number of aromatic nitrogens is 4. The van der Waals surface area contributed by atoms with Crippen LogP contribution < -0.4 is 15.5 Å². The fraction of sp³-hybridized carbons (Fsp3) is 0.278. The van der Waals surface area contributed by atoms with E-state index in [1.807, 2.05) is 49.5 Å². The molecule has 2 N–H and O–H groups in total. The van der Waals surface area contributed by atoms with Gasteiger partial charge in [-0.25, -0.2) is 9.48 Å². The number of hydrogen-bond donors (Lipinski definition) is 2. The molecule has 1 aliphatic rings. The number of nitrogens with one attached hydrogen (secondary N) is 2. The maximum atomic E-state index is 13.5. The van der Waals surface area contributed by atoms with Crippen LogP contribution in [0, 0.1) is 6.92 Å². The van der Waals surface area contributed by atoms with Crippen LogP contribution in [0.4, 0.5) is 22.0 Å². The average molecular weight is 586 g/mol. The Balaban J connectivity index is 1.28. The molecule has 0 radical (unpaired) electrons. The first-order valence-electron chi connectivity index (χ1n) is 15.1. The van der Waals surface area contributed by atoms with Crippen molar-refractivity contribution in [1.82, 2.24) is 19.7 Å². The molecular formula is C36H39N7O. The lowest BCUT2D eigenvalue weighted by Crippen LogP contribution is -2.31. The van der Waals surface area contributed by atoms with Gasteiger partial charge in [-0.05, 0) is 73.0 Å². The van der Waals surface area contributed by atoms with Crippen LogP contribution in [0.15, 0.2) is 91.4 Å². The molecule has 44 heavy (non-hydrogen) atoms. The van der Waals surface area contributed by atoms with Crippen molar-refractivity contribution in [1.29, 1.82) is 0 Å². The summed E-state index contributed by atoms with van der Waals surface area (Å²) < 4.78 is 1.74. The summed E-state index contributed by atoms with van der Waals surface area (Å²) in [6.07, 6.45) is 11.1. The number of hydrogen-bond acceptors (Lipinski definition) is 5. The van der Waals surface area contributed by atoms with Crippen LogP contribution >= 0.6 is 0 Å². The standard InChI is InChI=1S/C36H39N7O/c1-24-15-16-28(23-38-24)43-34(21-33(41-43)36(2,3)4)40-35(44)39-32-18-17-29(30-13-6-7-14-31(30)32)25-10-8-11-26(20-25)42(5)27-12-9-19-37-22-27/h6-7,9,12-23,26H,8,10-11H2,1-5H3,(H2,39,40,44). The molecule has 3 aromatic heterocycles. The molecule has 6 rings (SSSR count). The number of pyridine rings is 2. The van der Waals surface area contributed by atoms with E-state index in [1.54, 1.807) is 17.1 Å².